The second kappa shape index (κ2) is 3.43. The minimum atomic E-state index is -0.929. The highest BCUT2D eigenvalue weighted by Crippen LogP contribution is 2.12. The molecule has 7 heavy (non-hydrogen) atoms. The van der Waals surface area contributed by atoms with Gasteiger partial charge in [0.05, 0.1) is 2.49 Å². The van der Waals surface area contributed by atoms with Crippen molar-refractivity contribution in [2.75, 3.05) is 0 Å². The number of carboxylic acids is 1. The van der Waals surface area contributed by atoms with E-state index in [1.165, 1.54) is 0 Å². The van der Waals surface area contributed by atoms with Crippen molar-refractivity contribution in [3.63, 3.8) is 0 Å². The summed E-state index contributed by atoms with van der Waals surface area (Å²) < 4.78 is 0.595. The van der Waals surface area contributed by atoms with Gasteiger partial charge in [0.25, 0.3) is 0 Å². The minimum Gasteiger partial charge on any atom is -0.478 e. The third-order valence-electron chi connectivity index (χ3n) is 0.233. The zero-order valence-electron chi connectivity index (χ0n) is 3.19. The summed E-state index contributed by atoms with van der Waals surface area (Å²) in [7, 11) is 0. The van der Waals surface area contributed by atoms with Crippen molar-refractivity contribution in [1.82, 2.24) is 0 Å². The SMILES string of the molecule is O=C(O)/C=C(\Br)I. The van der Waals surface area contributed by atoms with Crippen LogP contribution in [-0.2, 0) is 4.79 Å². The first kappa shape index (κ1) is 7.42. The fraction of sp³-hybridized carbons (Fsp3) is 0. The van der Waals surface area contributed by atoms with Gasteiger partial charge in [-0.05, 0) is 38.5 Å². The largest absolute Gasteiger partial charge is 0.478 e. The van der Waals surface area contributed by atoms with E-state index >= 15 is 0 Å². The van der Waals surface area contributed by atoms with Crippen molar-refractivity contribution >= 4 is 44.5 Å². The van der Waals surface area contributed by atoms with Crippen LogP contribution < -0.4 is 0 Å². The number of carboxylic acid groups (broad SMARTS) is 1. The highest BCUT2D eigenvalue weighted by Gasteiger charge is 1.87. The molecule has 0 saturated heterocycles. The molecular formula is C3H2BrIO2. The number of halogens is 2. The molecule has 0 aliphatic carbocycles. The summed E-state index contributed by atoms with van der Waals surface area (Å²) in [6.07, 6.45) is 1.07. The molecule has 0 spiro atoms. The van der Waals surface area contributed by atoms with Crippen molar-refractivity contribution < 1.29 is 9.90 Å². The fourth-order valence-corrected chi connectivity index (χ4v) is 0.556. The van der Waals surface area contributed by atoms with Gasteiger partial charge in [-0.2, -0.15) is 0 Å². The Morgan fingerprint density at radius 1 is 1.86 bits per heavy atom. The minimum absolute atomic E-state index is 0.595. The van der Waals surface area contributed by atoms with Gasteiger partial charge in [-0.3, -0.25) is 0 Å². The standard InChI is InChI=1S/C3H2BrIO2/c4-2(5)1-3(6)7/h1H,(H,6,7)/b2-1+. The zero-order valence-corrected chi connectivity index (χ0v) is 6.93. The molecule has 0 fully saturated rings. The molecule has 0 aromatic rings. The molecule has 0 amide bonds. The second-order valence-corrected chi connectivity index (χ2v) is 4.27. The number of aliphatic carboxylic acids is 1. The van der Waals surface area contributed by atoms with Crippen molar-refractivity contribution in [3.05, 3.63) is 8.57 Å². The molecule has 0 saturated carbocycles. The van der Waals surface area contributed by atoms with Crippen molar-refractivity contribution in [2.24, 2.45) is 0 Å². The Bertz CT molecular complexity index is 106. The van der Waals surface area contributed by atoms with E-state index in [4.69, 9.17) is 5.11 Å². The molecular weight excluding hydrogens is 275 g/mol. The second-order valence-electron chi connectivity index (χ2n) is 0.772. The lowest BCUT2D eigenvalue weighted by Gasteiger charge is -1.75. The van der Waals surface area contributed by atoms with Gasteiger partial charge in [-0.25, -0.2) is 4.79 Å². The Balaban J connectivity index is 3.68. The molecule has 0 aliphatic rings. The molecule has 0 bridgehead atoms. The van der Waals surface area contributed by atoms with Crippen molar-refractivity contribution in [3.8, 4) is 0 Å². The zero-order chi connectivity index (χ0) is 5.86. The third kappa shape index (κ3) is 6.42. The van der Waals surface area contributed by atoms with Crippen LogP contribution in [0.1, 0.15) is 0 Å². The van der Waals surface area contributed by atoms with E-state index in [-0.39, 0.29) is 0 Å². The molecule has 40 valence electrons. The van der Waals surface area contributed by atoms with Crippen molar-refractivity contribution in [2.45, 2.75) is 0 Å². The highest BCUT2D eigenvalue weighted by atomic mass is 127. The topological polar surface area (TPSA) is 37.3 Å². The van der Waals surface area contributed by atoms with Gasteiger partial charge in [0, 0.05) is 6.08 Å². The quantitative estimate of drug-likeness (QED) is 0.585. The summed E-state index contributed by atoms with van der Waals surface area (Å²) in [4.78, 5) is 9.70. The summed E-state index contributed by atoms with van der Waals surface area (Å²) in [6.45, 7) is 0. The van der Waals surface area contributed by atoms with Crippen LogP contribution >= 0.6 is 38.5 Å². The maximum Gasteiger partial charge on any atom is 0.329 e. The van der Waals surface area contributed by atoms with Gasteiger partial charge in [0.1, 0.15) is 0 Å². The van der Waals surface area contributed by atoms with Crippen LogP contribution in [0.5, 0.6) is 0 Å². The fourth-order valence-electron chi connectivity index (χ4n) is 0.0933. The number of hydrogen-bond acceptors (Lipinski definition) is 1. The Morgan fingerprint density at radius 3 is 2.29 bits per heavy atom. The average Bonchev–Trinajstić information content (AvgIpc) is 1.27. The summed E-state index contributed by atoms with van der Waals surface area (Å²) in [6, 6.07) is 0. The molecule has 0 heterocycles. The smallest absolute Gasteiger partial charge is 0.329 e. The molecule has 2 nitrogen and oxygen atoms in total. The Labute approximate surface area is 62.9 Å². The summed E-state index contributed by atoms with van der Waals surface area (Å²) in [5.41, 5.74) is 0. The van der Waals surface area contributed by atoms with Crippen LogP contribution in [0.4, 0.5) is 0 Å². The van der Waals surface area contributed by atoms with Gasteiger partial charge in [-0.1, -0.05) is 0 Å². The third-order valence-corrected chi connectivity index (χ3v) is 0.773. The molecule has 0 aromatic heterocycles. The molecule has 1 N–H and O–H groups in total. The summed E-state index contributed by atoms with van der Waals surface area (Å²) in [5.74, 6) is -0.929. The molecule has 0 unspecified atom stereocenters. The van der Waals surface area contributed by atoms with Gasteiger partial charge < -0.3 is 5.11 Å². The first-order valence-corrected chi connectivity index (χ1v) is 3.25. The Hall–Kier alpha value is 0.420. The average molecular weight is 277 g/mol. The number of hydrogen-bond donors (Lipinski definition) is 1. The predicted molar refractivity (Wildman–Crippen MR) is 38.7 cm³/mol. The van der Waals surface area contributed by atoms with E-state index in [2.05, 4.69) is 15.9 Å². The molecule has 0 atom stereocenters. The van der Waals surface area contributed by atoms with E-state index in [1.54, 1.807) is 0 Å². The van der Waals surface area contributed by atoms with Gasteiger partial charge in [0.15, 0.2) is 0 Å². The normalized spacial score (nSPS) is 11.4. The first-order valence-electron chi connectivity index (χ1n) is 1.38. The van der Waals surface area contributed by atoms with Crippen LogP contribution in [0.15, 0.2) is 8.57 Å². The van der Waals surface area contributed by atoms with Gasteiger partial charge in [0.2, 0.25) is 0 Å². The molecule has 0 radical (unpaired) electrons. The van der Waals surface area contributed by atoms with E-state index in [0.29, 0.717) is 2.49 Å². The lowest BCUT2D eigenvalue weighted by molar-refractivity contribution is -0.131. The van der Waals surface area contributed by atoms with E-state index in [0.717, 1.165) is 6.08 Å². The maximum atomic E-state index is 9.70. The van der Waals surface area contributed by atoms with E-state index in [9.17, 15) is 4.79 Å². The van der Waals surface area contributed by atoms with Gasteiger partial charge >= 0.3 is 5.97 Å². The van der Waals surface area contributed by atoms with Crippen LogP contribution in [0.3, 0.4) is 0 Å². The monoisotopic (exact) mass is 276 g/mol. The number of carbonyl (C=O) groups is 1. The lowest BCUT2D eigenvalue weighted by Crippen LogP contribution is -1.84. The van der Waals surface area contributed by atoms with Crippen LogP contribution in [0.25, 0.3) is 0 Å². The maximum absolute atomic E-state index is 9.70. The Kier molecular flexibility index (Phi) is 3.63. The van der Waals surface area contributed by atoms with E-state index in [1.807, 2.05) is 22.6 Å². The summed E-state index contributed by atoms with van der Waals surface area (Å²) in [5, 5.41) is 7.97. The molecule has 4 heteroatoms. The van der Waals surface area contributed by atoms with Crippen LogP contribution in [-0.4, -0.2) is 11.1 Å². The lowest BCUT2D eigenvalue weighted by atomic mass is 10.7. The van der Waals surface area contributed by atoms with Crippen molar-refractivity contribution in [1.29, 1.82) is 0 Å². The van der Waals surface area contributed by atoms with Crippen LogP contribution in [0, 0.1) is 0 Å². The predicted octanol–water partition coefficient (Wildman–Crippen LogP) is 1.74. The van der Waals surface area contributed by atoms with Crippen LogP contribution in [0.2, 0.25) is 0 Å². The molecule has 0 aromatic carbocycles. The molecule has 0 rings (SSSR count). The highest BCUT2D eigenvalue weighted by molar-refractivity contribution is 14.1. The first-order chi connectivity index (χ1) is 3.13. The molecule has 0 aliphatic heterocycles. The number of rotatable bonds is 1. The Morgan fingerprint density at radius 2 is 2.29 bits per heavy atom. The summed E-state index contributed by atoms with van der Waals surface area (Å²) >= 11 is 4.80. The van der Waals surface area contributed by atoms with E-state index < -0.39 is 5.97 Å². The van der Waals surface area contributed by atoms with Gasteiger partial charge in [-0.15, -0.1) is 0 Å².